The first-order valence-electron chi connectivity index (χ1n) is 3.09. The second-order valence-corrected chi connectivity index (χ2v) is 2.94. The minimum atomic E-state index is -0.00551. The molecule has 0 aliphatic carbocycles. The quantitative estimate of drug-likeness (QED) is 0.581. The van der Waals surface area contributed by atoms with Crippen molar-refractivity contribution >= 4 is 17.8 Å². The Morgan fingerprint density at radius 3 is 2.80 bits per heavy atom. The number of carbonyl (C=O) groups is 1. The van der Waals surface area contributed by atoms with Crippen LogP contribution in [0.3, 0.4) is 0 Å². The molecule has 2 N–H and O–H groups in total. The van der Waals surface area contributed by atoms with Gasteiger partial charge in [0, 0.05) is 19.3 Å². The molecule has 3 nitrogen and oxygen atoms in total. The van der Waals surface area contributed by atoms with E-state index >= 15 is 0 Å². The van der Waals surface area contributed by atoms with Crippen LogP contribution in [0.15, 0.2) is 0 Å². The molecule has 0 aromatic heterocycles. The molecule has 0 unspecified atom stereocenters. The van der Waals surface area contributed by atoms with Gasteiger partial charge in [-0.05, 0) is 6.26 Å². The minimum Gasteiger partial charge on any atom is -0.395 e. The van der Waals surface area contributed by atoms with Gasteiger partial charge in [-0.25, -0.2) is 4.79 Å². The zero-order chi connectivity index (χ0) is 7.98. The molecule has 0 saturated heterocycles. The highest BCUT2D eigenvalue weighted by molar-refractivity contribution is 7.98. The number of rotatable bonds is 3. The zero-order valence-corrected chi connectivity index (χ0v) is 7.28. The molecule has 0 saturated carbocycles. The van der Waals surface area contributed by atoms with E-state index in [0.717, 1.165) is 12.3 Å². The van der Waals surface area contributed by atoms with Crippen LogP contribution in [-0.4, -0.2) is 36.5 Å². The Morgan fingerprint density at radius 1 is 1.80 bits per heavy atom. The summed E-state index contributed by atoms with van der Waals surface area (Å²) < 4.78 is 0. The summed E-state index contributed by atoms with van der Waals surface area (Å²) in [5, 5.41) is 1.33. The van der Waals surface area contributed by atoms with Crippen molar-refractivity contribution in [3.8, 4) is 0 Å². The Balaban J connectivity index is 3.41. The molecule has 0 aromatic carbocycles. The molecule has 0 radical (unpaired) electrons. The Labute approximate surface area is 66.2 Å². The molecule has 0 atom stereocenters. The summed E-state index contributed by atoms with van der Waals surface area (Å²) in [6, 6.07) is -0.00551. The normalized spacial score (nSPS) is 9.50. The van der Waals surface area contributed by atoms with E-state index in [1.54, 1.807) is 23.7 Å². The van der Waals surface area contributed by atoms with Gasteiger partial charge in [-0.15, -0.1) is 7.05 Å². The smallest absolute Gasteiger partial charge is 0.389 e. The molecular weight excluding hydrogens is 148 g/mol. The van der Waals surface area contributed by atoms with Crippen molar-refractivity contribution in [3.05, 3.63) is 7.05 Å². The van der Waals surface area contributed by atoms with Gasteiger partial charge in [-0.3, -0.25) is 4.90 Å². The minimum absolute atomic E-state index is 0.00551. The first-order valence-corrected chi connectivity index (χ1v) is 4.48. The van der Waals surface area contributed by atoms with Crippen LogP contribution in [0.5, 0.6) is 0 Å². The van der Waals surface area contributed by atoms with Gasteiger partial charge in [-0.1, -0.05) is 0 Å². The fraction of sp³-hybridized carbons (Fsp3) is 0.667. The van der Waals surface area contributed by atoms with Crippen LogP contribution in [0.1, 0.15) is 0 Å². The van der Waals surface area contributed by atoms with Crippen LogP contribution in [0.4, 0.5) is 4.79 Å². The summed E-state index contributed by atoms with van der Waals surface area (Å²) in [6.45, 7) is 0.798. The molecule has 0 fully saturated rings. The highest BCUT2D eigenvalue weighted by Gasteiger charge is 2.04. The Hall–Kier alpha value is -0.220. The number of thioether (sulfide) groups is 1. The molecule has 0 aliphatic heterocycles. The van der Waals surface area contributed by atoms with Crippen LogP contribution in [0.2, 0.25) is 0 Å². The number of urea groups is 1. The lowest BCUT2D eigenvalue weighted by Crippen LogP contribution is -2.84. The fourth-order valence-corrected chi connectivity index (χ4v) is 0.951. The number of nitrogens with zero attached hydrogens (tertiary/aromatic N) is 1. The van der Waals surface area contributed by atoms with Gasteiger partial charge in [0.15, 0.2) is 0 Å². The van der Waals surface area contributed by atoms with E-state index in [4.69, 9.17) is 0 Å². The molecule has 0 bridgehead atoms. The molecule has 10 heavy (non-hydrogen) atoms. The summed E-state index contributed by atoms with van der Waals surface area (Å²) >= 11 is 1.73. The van der Waals surface area contributed by atoms with Crippen LogP contribution >= 0.6 is 11.8 Å². The summed E-state index contributed by atoms with van der Waals surface area (Å²) in [4.78, 5) is 12.5. The number of primary amides is 1. The molecule has 0 aliphatic rings. The first kappa shape index (κ1) is 9.78. The number of nitrogens with two attached hydrogens (primary N) is 1. The van der Waals surface area contributed by atoms with E-state index in [-0.39, 0.29) is 6.03 Å². The number of hydrogen-bond donors (Lipinski definition) is 1. The van der Waals surface area contributed by atoms with Crippen molar-refractivity contribution in [3.63, 3.8) is 0 Å². The average Bonchev–Trinajstić information content (AvgIpc) is 1.98. The summed E-state index contributed by atoms with van der Waals surface area (Å²) in [7, 11) is 5.17. The van der Waals surface area contributed by atoms with Crippen molar-refractivity contribution in [1.29, 1.82) is 0 Å². The SMILES string of the molecule is [CH2-][NH2+]C(=O)N(C)CCSC. The lowest BCUT2D eigenvalue weighted by Gasteiger charge is -2.13. The largest absolute Gasteiger partial charge is 0.395 e. The maximum absolute atomic E-state index is 10.8. The molecule has 2 amide bonds. The van der Waals surface area contributed by atoms with Gasteiger partial charge in [0.1, 0.15) is 0 Å². The Kier molecular flexibility index (Phi) is 5.43. The maximum atomic E-state index is 10.8. The van der Waals surface area contributed by atoms with Gasteiger partial charge >= 0.3 is 6.03 Å². The van der Waals surface area contributed by atoms with Gasteiger partial charge < -0.3 is 5.32 Å². The number of carbonyl (C=O) groups excluding carboxylic acids is 1. The predicted octanol–water partition coefficient (Wildman–Crippen LogP) is -0.244. The van der Waals surface area contributed by atoms with E-state index in [0.29, 0.717) is 0 Å². The molecule has 0 spiro atoms. The van der Waals surface area contributed by atoms with E-state index < -0.39 is 0 Å². The Morgan fingerprint density at radius 2 is 2.40 bits per heavy atom. The van der Waals surface area contributed by atoms with E-state index in [1.807, 2.05) is 6.26 Å². The van der Waals surface area contributed by atoms with Gasteiger partial charge in [0.05, 0.1) is 0 Å². The van der Waals surface area contributed by atoms with Crippen molar-refractivity contribution < 1.29 is 10.1 Å². The predicted molar refractivity (Wildman–Crippen MR) is 43.7 cm³/mol. The topological polar surface area (TPSA) is 36.9 Å². The molecule has 0 rings (SSSR count). The zero-order valence-electron chi connectivity index (χ0n) is 6.46. The average molecular weight is 162 g/mol. The van der Waals surface area contributed by atoms with Crippen molar-refractivity contribution in [2.45, 2.75) is 0 Å². The molecular formula is C6H14N2OS. The molecule has 4 heteroatoms. The third-order valence-corrected chi connectivity index (χ3v) is 1.77. The summed E-state index contributed by atoms with van der Waals surface area (Å²) in [5.74, 6) is 0.982. The van der Waals surface area contributed by atoms with Crippen LogP contribution in [0, 0.1) is 7.05 Å². The summed E-state index contributed by atoms with van der Waals surface area (Å²) in [6.07, 6.45) is 2.02. The third kappa shape index (κ3) is 3.74. The Bertz CT molecular complexity index is 108. The van der Waals surface area contributed by atoms with E-state index in [1.165, 1.54) is 5.32 Å². The highest BCUT2D eigenvalue weighted by Crippen LogP contribution is 1.91. The van der Waals surface area contributed by atoms with Gasteiger partial charge in [0.25, 0.3) is 0 Å². The second kappa shape index (κ2) is 5.56. The molecule has 0 aromatic rings. The van der Waals surface area contributed by atoms with E-state index in [9.17, 15) is 4.79 Å². The lowest BCUT2D eigenvalue weighted by atomic mass is 10.6. The van der Waals surface area contributed by atoms with Gasteiger partial charge in [-0.2, -0.15) is 11.8 Å². The van der Waals surface area contributed by atoms with Gasteiger partial charge in [0.2, 0.25) is 0 Å². The van der Waals surface area contributed by atoms with E-state index in [2.05, 4.69) is 7.05 Å². The standard InChI is InChI=1S/C6H14N2OS/c1-7-6(9)8(2)4-5-10-3/h1,4-5,7H2,2-3H3. The lowest BCUT2D eigenvalue weighted by molar-refractivity contribution is -0.497. The highest BCUT2D eigenvalue weighted by atomic mass is 32.2. The number of amides is 2. The molecule has 60 valence electrons. The summed E-state index contributed by atoms with van der Waals surface area (Å²) in [5.41, 5.74) is 0. The third-order valence-electron chi connectivity index (χ3n) is 1.18. The maximum Gasteiger partial charge on any atom is 0.389 e. The second-order valence-electron chi connectivity index (χ2n) is 1.96. The van der Waals surface area contributed by atoms with Crippen molar-refractivity contribution in [2.75, 3.05) is 25.6 Å². The molecule has 0 heterocycles. The van der Waals surface area contributed by atoms with Crippen molar-refractivity contribution in [1.82, 2.24) is 4.90 Å². The van der Waals surface area contributed by atoms with Crippen LogP contribution in [-0.2, 0) is 0 Å². The number of hydrogen-bond acceptors (Lipinski definition) is 2. The van der Waals surface area contributed by atoms with Crippen LogP contribution in [0.25, 0.3) is 0 Å². The van der Waals surface area contributed by atoms with Crippen LogP contribution < -0.4 is 5.32 Å². The number of quaternary nitrogens is 1. The fourth-order valence-electron chi connectivity index (χ4n) is 0.494. The van der Waals surface area contributed by atoms with Crippen molar-refractivity contribution in [2.24, 2.45) is 0 Å². The first-order chi connectivity index (χ1) is 4.72. The monoisotopic (exact) mass is 162 g/mol.